The molecule has 0 amide bonds. The van der Waals surface area contributed by atoms with Crippen LogP contribution in [0.3, 0.4) is 0 Å². The van der Waals surface area contributed by atoms with E-state index in [1.165, 1.54) is 0 Å². The van der Waals surface area contributed by atoms with Gasteiger partial charge in [-0.25, -0.2) is 4.79 Å². The van der Waals surface area contributed by atoms with Crippen molar-refractivity contribution < 1.29 is 9.53 Å². The van der Waals surface area contributed by atoms with Crippen molar-refractivity contribution in [2.75, 3.05) is 6.61 Å². The lowest BCUT2D eigenvalue weighted by Crippen LogP contribution is -2.06. The summed E-state index contributed by atoms with van der Waals surface area (Å²) in [6.45, 7) is 4.24. The Kier molecular flexibility index (Phi) is 3.78. The molecule has 0 aliphatic heterocycles. The zero-order valence-electron chi connectivity index (χ0n) is 10.6. The Labute approximate surface area is 107 Å². The fraction of sp³-hybridized carbons (Fsp3) is 0.188. The van der Waals surface area contributed by atoms with E-state index in [9.17, 15) is 4.79 Å². The van der Waals surface area contributed by atoms with Crippen LogP contribution in [0.1, 0.15) is 22.8 Å². The normalized spacial score (nSPS) is 10.1. The average molecular weight is 240 g/mol. The molecule has 0 spiro atoms. The van der Waals surface area contributed by atoms with Gasteiger partial charge in [0.05, 0.1) is 12.2 Å². The van der Waals surface area contributed by atoms with Gasteiger partial charge >= 0.3 is 5.97 Å². The maximum atomic E-state index is 11.9. The van der Waals surface area contributed by atoms with Crippen molar-refractivity contribution in [3.63, 3.8) is 0 Å². The topological polar surface area (TPSA) is 26.3 Å². The monoisotopic (exact) mass is 240 g/mol. The van der Waals surface area contributed by atoms with Crippen LogP contribution in [0.25, 0.3) is 11.1 Å². The van der Waals surface area contributed by atoms with Crippen LogP contribution in [0.5, 0.6) is 0 Å². The molecule has 0 N–H and O–H groups in total. The Morgan fingerprint density at radius 3 is 2.28 bits per heavy atom. The number of hydrogen-bond acceptors (Lipinski definition) is 2. The Bertz CT molecular complexity index is 559. The van der Waals surface area contributed by atoms with Crippen LogP contribution in [0.15, 0.2) is 48.5 Å². The number of rotatable bonds is 3. The molecular weight excluding hydrogens is 224 g/mol. The molecule has 0 heterocycles. The van der Waals surface area contributed by atoms with E-state index in [0.717, 1.165) is 16.7 Å². The third-order valence-electron chi connectivity index (χ3n) is 2.86. The molecule has 0 unspecified atom stereocenters. The van der Waals surface area contributed by atoms with Crippen molar-refractivity contribution in [2.24, 2.45) is 0 Å². The minimum Gasteiger partial charge on any atom is -0.462 e. The van der Waals surface area contributed by atoms with Gasteiger partial charge in [-0.2, -0.15) is 0 Å². The van der Waals surface area contributed by atoms with E-state index in [0.29, 0.717) is 12.2 Å². The number of esters is 1. The fourth-order valence-electron chi connectivity index (χ4n) is 1.98. The number of hydrogen-bond donors (Lipinski definition) is 0. The Morgan fingerprint density at radius 2 is 1.61 bits per heavy atom. The number of aryl methyl sites for hydroxylation is 1. The SMILES string of the molecule is CCOC(=O)c1ccccc1-c1ccccc1C. The number of ether oxygens (including phenoxy) is 1. The molecule has 0 aliphatic rings. The molecule has 0 aliphatic carbocycles. The summed E-state index contributed by atoms with van der Waals surface area (Å²) >= 11 is 0. The standard InChI is InChI=1S/C16H16O2/c1-3-18-16(17)15-11-7-6-10-14(15)13-9-5-4-8-12(13)2/h4-11H,3H2,1-2H3. The summed E-state index contributed by atoms with van der Waals surface area (Å²) in [5.41, 5.74) is 3.76. The fourth-order valence-corrected chi connectivity index (χ4v) is 1.98. The zero-order chi connectivity index (χ0) is 13.0. The van der Waals surface area contributed by atoms with E-state index >= 15 is 0 Å². The quantitative estimate of drug-likeness (QED) is 0.762. The van der Waals surface area contributed by atoms with Crippen molar-refractivity contribution in [1.29, 1.82) is 0 Å². The molecule has 0 atom stereocenters. The minimum absolute atomic E-state index is 0.267. The molecule has 2 rings (SSSR count). The van der Waals surface area contributed by atoms with Crippen molar-refractivity contribution in [1.82, 2.24) is 0 Å². The second-order valence-electron chi connectivity index (χ2n) is 4.08. The van der Waals surface area contributed by atoms with Gasteiger partial charge in [0.1, 0.15) is 0 Å². The lowest BCUT2D eigenvalue weighted by molar-refractivity contribution is 0.0527. The predicted octanol–water partition coefficient (Wildman–Crippen LogP) is 3.84. The Hall–Kier alpha value is -2.09. The van der Waals surface area contributed by atoms with Gasteiger partial charge < -0.3 is 4.74 Å². The second kappa shape index (κ2) is 5.50. The van der Waals surface area contributed by atoms with Gasteiger partial charge in [0.15, 0.2) is 0 Å². The minimum atomic E-state index is -0.267. The summed E-state index contributed by atoms with van der Waals surface area (Å²) in [6, 6.07) is 15.6. The smallest absolute Gasteiger partial charge is 0.338 e. The van der Waals surface area contributed by atoms with Crippen LogP contribution in [0.4, 0.5) is 0 Å². The predicted molar refractivity (Wildman–Crippen MR) is 72.6 cm³/mol. The molecule has 0 saturated heterocycles. The van der Waals surface area contributed by atoms with Crippen LogP contribution in [0, 0.1) is 6.92 Å². The Morgan fingerprint density at radius 1 is 1.00 bits per heavy atom. The summed E-state index contributed by atoms with van der Waals surface area (Å²) < 4.78 is 5.09. The molecule has 2 heteroatoms. The first-order valence-corrected chi connectivity index (χ1v) is 6.06. The largest absolute Gasteiger partial charge is 0.462 e. The first kappa shape index (κ1) is 12.4. The van der Waals surface area contributed by atoms with E-state index in [1.54, 1.807) is 6.07 Å². The van der Waals surface area contributed by atoms with E-state index < -0.39 is 0 Å². The van der Waals surface area contributed by atoms with Crippen LogP contribution in [-0.4, -0.2) is 12.6 Å². The highest BCUT2D eigenvalue weighted by Gasteiger charge is 2.13. The maximum Gasteiger partial charge on any atom is 0.338 e. The van der Waals surface area contributed by atoms with Crippen molar-refractivity contribution in [3.05, 3.63) is 59.7 Å². The van der Waals surface area contributed by atoms with Crippen molar-refractivity contribution in [3.8, 4) is 11.1 Å². The third-order valence-corrected chi connectivity index (χ3v) is 2.86. The molecule has 0 aromatic heterocycles. The van der Waals surface area contributed by atoms with Crippen LogP contribution < -0.4 is 0 Å². The first-order valence-electron chi connectivity index (χ1n) is 6.06. The molecule has 0 saturated carbocycles. The summed E-state index contributed by atoms with van der Waals surface area (Å²) in [6.07, 6.45) is 0. The average Bonchev–Trinajstić information content (AvgIpc) is 2.40. The maximum absolute atomic E-state index is 11.9. The molecule has 0 bridgehead atoms. The van der Waals surface area contributed by atoms with E-state index in [-0.39, 0.29) is 5.97 Å². The lowest BCUT2D eigenvalue weighted by Gasteiger charge is -2.10. The van der Waals surface area contributed by atoms with Crippen molar-refractivity contribution in [2.45, 2.75) is 13.8 Å². The highest BCUT2D eigenvalue weighted by Crippen LogP contribution is 2.27. The van der Waals surface area contributed by atoms with Gasteiger partial charge in [0, 0.05) is 0 Å². The number of benzene rings is 2. The molecule has 92 valence electrons. The van der Waals surface area contributed by atoms with Gasteiger partial charge in [-0.05, 0) is 36.6 Å². The van der Waals surface area contributed by atoms with E-state index in [1.807, 2.05) is 56.3 Å². The van der Waals surface area contributed by atoms with Crippen LogP contribution >= 0.6 is 0 Å². The summed E-state index contributed by atoms with van der Waals surface area (Å²) in [5, 5.41) is 0. The molecule has 2 aromatic carbocycles. The van der Waals surface area contributed by atoms with Gasteiger partial charge in [0.25, 0.3) is 0 Å². The molecule has 2 aromatic rings. The molecule has 0 radical (unpaired) electrons. The lowest BCUT2D eigenvalue weighted by atomic mass is 9.96. The molecule has 18 heavy (non-hydrogen) atoms. The summed E-state index contributed by atoms with van der Waals surface area (Å²) in [7, 11) is 0. The molecule has 0 fully saturated rings. The first-order chi connectivity index (χ1) is 8.74. The van der Waals surface area contributed by atoms with E-state index in [4.69, 9.17) is 4.74 Å². The summed E-state index contributed by atoms with van der Waals surface area (Å²) in [5.74, 6) is -0.267. The third kappa shape index (κ3) is 2.43. The summed E-state index contributed by atoms with van der Waals surface area (Å²) in [4.78, 5) is 11.9. The second-order valence-corrected chi connectivity index (χ2v) is 4.08. The van der Waals surface area contributed by atoms with Crippen molar-refractivity contribution >= 4 is 5.97 Å². The molecule has 2 nitrogen and oxygen atoms in total. The van der Waals surface area contributed by atoms with Gasteiger partial charge in [-0.15, -0.1) is 0 Å². The van der Waals surface area contributed by atoms with Gasteiger partial charge in [-0.1, -0.05) is 42.5 Å². The number of carbonyl (C=O) groups is 1. The van der Waals surface area contributed by atoms with E-state index in [2.05, 4.69) is 0 Å². The zero-order valence-corrected chi connectivity index (χ0v) is 10.6. The van der Waals surface area contributed by atoms with Crippen LogP contribution in [0.2, 0.25) is 0 Å². The number of carbonyl (C=O) groups excluding carboxylic acids is 1. The van der Waals surface area contributed by atoms with Gasteiger partial charge in [0.2, 0.25) is 0 Å². The molecular formula is C16H16O2. The highest BCUT2D eigenvalue weighted by atomic mass is 16.5. The Balaban J connectivity index is 2.52. The van der Waals surface area contributed by atoms with Crippen LogP contribution in [-0.2, 0) is 4.74 Å². The van der Waals surface area contributed by atoms with Gasteiger partial charge in [-0.3, -0.25) is 0 Å². The highest BCUT2D eigenvalue weighted by molar-refractivity contribution is 5.97.